The third kappa shape index (κ3) is 4.99. The Morgan fingerprint density at radius 2 is 1.79 bits per heavy atom. The zero-order valence-corrected chi connectivity index (χ0v) is 10.1. The van der Waals surface area contributed by atoms with Crippen LogP contribution in [-0.4, -0.2) is 19.6 Å². The van der Waals surface area contributed by atoms with Gasteiger partial charge in [-0.25, -0.2) is 0 Å². The van der Waals surface area contributed by atoms with E-state index in [1.807, 2.05) is 4.90 Å². The average Bonchev–Trinajstić information content (AvgIpc) is 2.58. The van der Waals surface area contributed by atoms with Crippen molar-refractivity contribution in [2.75, 3.05) is 19.6 Å². The molecule has 1 fully saturated rings. The van der Waals surface area contributed by atoms with E-state index in [1.165, 1.54) is 64.6 Å². The molecule has 0 saturated carbocycles. The fourth-order valence-corrected chi connectivity index (χ4v) is 2.53. The van der Waals surface area contributed by atoms with Crippen LogP contribution in [0.2, 0.25) is 0 Å². The van der Waals surface area contributed by atoms with E-state index >= 15 is 0 Å². The average molecular weight is 198 g/mol. The maximum Gasteiger partial charge on any atom is 0.0799 e. The van der Waals surface area contributed by atoms with Crippen molar-refractivity contribution in [1.29, 1.82) is 0 Å². The predicted octanol–water partition coefficient (Wildman–Crippen LogP) is 2.27. The molecule has 2 unspecified atom stereocenters. The zero-order valence-electron chi connectivity index (χ0n) is 10.1. The Labute approximate surface area is 89.9 Å². The molecule has 1 aliphatic heterocycles. The topological polar surface area (TPSA) is 4.44 Å². The molecule has 0 spiro atoms. The van der Waals surface area contributed by atoms with Crippen molar-refractivity contribution in [3.05, 3.63) is 0 Å². The SMILES string of the molecule is CCCCCCCC[NH+]1CCC(C)C1. The van der Waals surface area contributed by atoms with Crippen LogP contribution in [0, 0.1) is 5.92 Å². The van der Waals surface area contributed by atoms with E-state index in [0.29, 0.717) is 0 Å². The molecular weight excluding hydrogens is 170 g/mol. The van der Waals surface area contributed by atoms with E-state index < -0.39 is 0 Å². The number of rotatable bonds is 7. The maximum absolute atomic E-state index is 2.40. The second kappa shape index (κ2) is 7.28. The molecule has 1 nitrogen and oxygen atoms in total. The molecule has 2 atom stereocenters. The highest BCUT2D eigenvalue weighted by Gasteiger charge is 2.21. The molecule has 0 radical (unpaired) electrons. The Bertz CT molecular complexity index is 133. The molecule has 0 amide bonds. The summed E-state index contributed by atoms with van der Waals surface area (Å²) in [4.78, 5) is 1.87. The predicted molar refractivity (Wildman–Crippen MR) is 62.7 cm³/mol. The maximum atomic E-state index is 2.40. The van der Waals surface area contributed by atoms with E-state index in [4.69, 9.17) is 0 Å². The summed E-state index contributed by atoms with van der Waals surface area (Å²) < 4.78 is 0. The fourth-order valence-electron chi connectivity index (χ4n) is 2.53. The fraction of sp³-hybridized carbons (Fsp3) is 1.00. The number of quaternary nitrogens is 1. The third-order valence-corrected chi connectivity index (χ3v) is 3.51. The second-order valence-corrected chi connectivity index (χ2v) is 5.12. The number of hydrogen-bond acceptors (Lipinski definition) is 0. The van der Waals surface area contributed by atoms with E-state index in [1.54, 1.807) is 0 Å². The second-order valence-electron chi connectivity index (χ2n) is 5.12. The number of hydrogen-bond donors (Lipinski definition) is 1. The van der Waals surface area contributed by atoms with Crippen molar-refractivity contribution in [2.24, 2.45) is 5.92 Å². The molecule has 0 aliphatic carbocycles. The number of nitrogens with one attached hydrogen (secondary N) is 1. The Morgan fingerprint density at radius 3 is 2.43 bits per heavy atom. The first-order chi connectivity index (χ1) is 6.83. The van der Waals surface area contributed by atoms with Crippen molar-refractivity contribution < 1.29 is 4.90 Å². The molecule has 1 aliphatic rings. The van der Waals surface area contributed by atoms with Gasteiger partial charge >= 0.3 is 0 Å². The van der Waals surface area contributed by atoms with Gasteiger partial charge in [0.05, 0.1) is 19.6 Å². The minimum atomic E-state index is 0.991. The van der Waals surface area contributed by atoms with Crippen LogP contribution >= 0.6 is 0 Å². The third-order valence-electron chi connectivity index (χ3n) is 3.51. The highest BCUT2D eigenvalue weighted by molar-refractivity contribution is 4.55. The van der Waals surface area contributed by atoms with Crippen molar-refractivity contribution in [3.63, 3.8) is 0 Å². The van der Waals surface area contributed by atoms with E-state index in [9.17, 15) is 0 Å². The van der Waals surface area contributed by atoms with Crippen molar-refractivity contribution in [1.82, 2.24) is 0 Å². The summed E-state index contributed by atoms with van der Waals surface area (Å²) in [6.45, 7) is 9.01. The Hall–Kier alpha value is -0.0400. The molecular formula is C13H28N+. The lowest BCUT2D eigenvalue weighted by atomic mass is 10.1. The van der Waals surface area contributed by atoms with Gasteiger partial charge in [0, 0.05) is 12.3 Å². The van der Waals surface area contributed by atoms with Crippen molar-refractivity contribution in [3.8, 4) is 0 Å². The van der Waals surface area contributed by atoms with Gasteiger partial charge in [-0.2, -0.15) is 0 Å². The quantitative estimate of drug-likeness (QED) is 0.599. The Balaban J connectivity index is 1.84. The van der Waals surface area contributed by atoms with Crippen molar-refractivity contribution in [2.45, 2.75) is 58.8 Å². The van der Waals surface area contributed by atoms with E-state index in [-0.39, 0.29) is 0 Å². The number of likely N-dealkylation sites (tertiary alicyclic amines) is 1. The highest BCUT2D eigenvalue weighted by Crippen LogP contribution is 2.05. The lowest BCUT2D eigenvalue weighted by molar-refractivity contribution is -0.889. The lowest BCUT2D eigenvalue weighted by Gasteiger charge is -2.11. The Kier molecular flexibility index (Phi) is 6.25. The van der Waals surface area contributed by atoms with Gasteiger partial charge in [0.1, 0.15) is 0 Å². The minimum Gasteiger partial charge on any atom is -0.335 e. The molecule has 0 aromatic carbocycles. The minimum absolute atomic E-state index is 0.991. The van der Waals surface area contributed by atoms with Gasteiger partial charge in [-0.15, -0.1) is 0 Å². The largest absolute Gasteiger partial charge is 0.335 e. The summed E-state index contributed by atoms with van der Waals surface area (Å²) in [7, 11) is 0. The summed E-state index contributed by atoms with van der Waals surface area (Å²) in [6, 6.07) is 0. The van der Waals surface area contributed by atoms with Crippen LogP contribution in [0.1, 0.15) is 58.8 Å². The van der Waals surface area contributed by atoms with Crippen molar-refractivity contribution >= 4 is 0 Å². The molecule has 84 valence electrons. The van der Waals surface area contributed by atoms with Gasteiger partial charge in [0.15, 0.2) is 0 Å². The molecule has 14 heavy (non-hydrogen) atoms. The highest BCUT2D eigenvalue weighted by atomic mass is 15.1. The van der Waals surface area contributed by atoms with Crippen LogP contribution in [0.15, 0.2) is 0 Å². The van der Waals surface area contributed by atoms with Crippen LogP contribution in [0.5, 0.6) is 0 Å². The lowest BCUT2D eigenvalue weighted by Crippen LogP contribution is -3.10. The molecule has 1 rings (SSSR count). The zero-order chi connectivity index (χ0) is 10.2. The van der Waals surface area contributed by atoms with Gasteiger partial charge in [0.25, 0.3) is 0 Å². The van der Waals surface area contributed by atoms with Gasteiger partial charge in [0.2, 0.25) is 0 Å². The van der Waals surface area contributed by atoms with Crippen LogP contribution in [0.25, 0.3) is 0 Å². The first-order valence-electron chi connectivity index (χ1n) is 6.66. The van der Waals surface area contributed by atoms with Gasteiger partial charge in [-0.05, 0) is 12.8 Å². The monoisotopic (exact) mass is 198 g/mol. The van der Waals surface area contributed by atoms with E-state index in [2.05, 4.69) is 13.8 Å². The van der Waals surface area contributed by atoms with Crippen LogP contribution in [0.4, 0.5) is 0 Å². The standard InChI is InChI=1S/C13H27N/c1-3-4-5-6-7-8-10-14-11-9-13(2)12-14/h13H,3-12H2,1-2H3/p+1. The summed E-state index contributed by atoms with van der Waals surface area (Å²) >= 11 is 0. The van der Waals surface area contributed by atoms with Crippen LogP contribution in [0.3, 0.4) is 0 Å². The van der Waals surface area contributed by atoms with Crippen LogP contribution in [-0.2, 0) is 0 Å². The Morgan fingerprint density at radius 1 is 1.07 bits per heavy atom. The summed E-state index contributed by atoms with van der Waals surface area (Å²) in [6.07, 6.45) is 10.1. The van der Waals surface area contributed by atoms with Crippen LogP contribution < -0.4 is 4.90 Å². The molecule has 0 aromatic rings. The first-order valence-corrected chi connectivity index (χ1v) is 6.66. The molecule has 1 heteroatoms. The normalized spacial score (nSPS) is 27.0. The smallest absolute Gasteiger partial charge is 0.0799 e. The summed E-state index contributed by atoms with van der Waals surface area (Å²) in [5, 5.41) is 0. The van der Waals surface area contributed by atoms with Gasteiger partial charge in [-0.1, -0.05) is 39.5 Å². The first kappa shape index (κ1) is 12.0. The molecule has 1 saturated heterocycles. The molecule has 0 aromatic heterocycles. The summed E-state index contributed by atoms with van der Waals surface area (Å²) in [5.74, 6) is 0.991. The number of unbranched alkanes of at least 4 members (excludes halogenated alkanes) is 5. The molecule has 0 bridgehead atoms. The molecule has 1 N–H and O–H groups in total. The molecule has 1 heterocycles. The van der Waals surface area contributed by atoms with Gasteiger partial charge < -0.3 is 4.90 Å². The van der Waals surface area contributed by atoms with E-state index in [0.717, 1.165) is 5.92 Å². The summed E-state index contributed by atoms with van der Waals surface area (Å²) in [5.41, 5.74) is 0. The van der Waals surface area contributed by atoms with Gasteiger partial charge in [-0.3, -0.25) is 0 Å².